The first-order valence-corrected chi connectivity index (χ1v) is 9.91. The highest BCUT2D eigenvalue weighted by molar-refractivity contribution is 5.95. The Kier molecular flexibility index (Phi) is 7.17. The van der Waals surface area contributed by atoms with Crippen LogP contribution in [0.25, 0.3) is 0 Å². The van der Waals surface area contributed by atoms with Gasteiger partial charge in [0.15, 0.2) is 6.61 Å². The summed E-state index contributed by atoms with van der Waals surface area (Å²) in [6.07, 6.45) is 1.49. The molecule has 3 aromatic rings. The number of ether oxygens (including phenoxy) is 1. The zero-order chi connectivity index (χ0) is 22.2. The van der Waals surface area contributed by atoms with Gasteiger partial charge in [-0.1, -0.05) is 42.0 Å². The number of aryl methyl sites for hydroxylation is 3. The number of nitrogens with zero attached hydrogens (tertiary/aromatic N) is 1. The molecule has 0 aromatic heterocycles. The standard InChI is InChI=1S/C25H25N3O3/c1-17-9-12-20(13-10-17)25(30)28-26-15-21-6-4-5-7-23(21)31-16-24(29)27-22-14-18(2)8-11-19(22)3/h4-15H,16H2,1-3H3,(H,27,29)(H,28,30)/b26-15+. The summed E-state index contributed by atoms with van der Waals surface area (Å²) in [6, 6.07) is 20.3. The molecule has 0 unspecified atom stereocenters. The summed E-state index contributed by atoms with van der Waals surface area (Å²) in [6.45, 7) is 5.72. The van der Waals surface area contributed by atoms with Gasteiger partial charge in [-0.15, -0.1) is 0 Å². The lowest BCUT2D eigenvalue weighted by molar-refractivity contribution is -0.118. The summed E-state index contributed by atoms with van der Waals surface area (Å²) in [7, 11) is 0. The molecule has 0 radical (unpaired) electrons. The predicted octanol–water partition coefficient (Wildman–Crippen LogP) is 4.39. The third-order valence-corrected chi connectivity index (χ3v) is 4.63. The summed E-state index contributed by atoms with van der Waals surface area (Å²) in [5.41, 5.74) is 7.56. The smallest absolute Gasteiger partial charge is 0.271 e. The molecule has 3 aromatic carbocycles. The van der Waals surface area contributed by atoms with E-state index in [2.05, 4.69) is 15.8 Å². The molecular formula is C25H25N3O3. The maximum absolute atomic E-state index is 12.3. The van der Waals surface area contributed by atoms with Crippen molar-refractivity contribution in [1.82, 2.24) is 5.43 Å². The van der Waals surface area contributed by atoms with E-state index in [1.807, 2.05) is 57.2 Å². The zero-order valence-corrected chi connectivity index (χ0v) is 17.8. The summed E-state index contributed by atoms with van der Waals surface area (Å²) < 4.78 is 5.68. The Bertz CT molecular complexity index is 1110. The molecule has 0 fully saturated rings. The molecule has 0 saturated heterocycles. The lowest BCUT2D eigenvalue weighted by Gasteiger charge is -2.11. The Morgan fingerprint density at radius 3 is 2.42 bits per heavy atom. The van der Waals surface area contributed by atoms with E-state index in [9.17, 15) is 9.59 Å². The number of hydrogen-bond acceptors (Lipinski definition) is 4. The number of para-hydroxylation sites is 1. The molecule has 2 amide bonds. The van der Waals surface area contributed by atoms with Crippen LogP contribution in [0.5, 0.6) is 5.75 Å². The van der Waals surface area contributed by atoms with Gasteiger partial charge >= 0.3 is 0 Å². The number of benzene rings is 3. The van der Waals surface area contributed by atoms with Gasteiger partial charge in [0, 0.05) is 16.8 Å². The molecule has 6 nitrogen and oxygen atoms in total. The molecule has 0 aliphatic heterocycles. The minimum absolute atomic E-state index is 0.145. The van der Waals surface area contributed by atoms with Crippen LogP contribution < -0.4 is 15.5 Å². The van der Waals surface area contributed by atoms with Gasteiger partial charge in [0.2, 0.25) is 0 Å². The van der Waals surface area contributed by atoms with Gasteiger partial charge < -0.3 is 10.1 Å². The van der Waals surface area contributed by atoms with E-state index in [1.54, 1.807) is 30.3 Å². The summed E-state index contributed by atoms with van der Waals surface area (Å²) in [5, 5.41) is 6.88. The highest BCUT2D eigenvalue weighted by Crippen LogP contribution is 2.18. The number of anilines is 1. The largest absolute Gasteiger partial charge is 0.483 e. The van der Waals surface area contributed by atoms with Crippen molar-refractivity contribution in [3.63, 3.8) is 0 Å². The Morgan fingerprint density at radius 2 is 1.65 bits per heavy atom. The highest BCUT2D eigenvalue weighted by Gasteiger charge is 2.08. The van der Waals surface area contributed by atoms with Gasteiger partial charge in [-0.3, -0.25) is 9.59 Å². The third-order valence-electron chi connectivity index (χ3n) is 4.63. The zero-order valence-electron chi connectivity index (χ0n) is 17.8. The van der Waals surface area contributed by atoms with Gasteiger partial charge in [0.25, 0.3) is 11.8 Å². The monoisotopic (exact) mass is 415 g/mol. The van der Waals surface area contributed by atoms with E-state index < -0.39 is 0 Å². The molecule has 3 rings (SSSR count). The molecule has 158 valence electrons. The number of rotatable bonds is 7. The van der Waals surface area contributed by atoms with Crippen molar-refractivity contribution in [2.75, 3.05) is 11.9 Å². The Labute approximate surface area is 182 Å². The predicted molar refractivity (Wildman–Crippen MR) is 123 cm³/mol. The van der Waals surface area contributed by atoms with Gasteiger partial charge in [-0.2, -0.15) is 5.10 Å². The molecule has 0 atom stereocenters. The second-order valence-corrected chi connectivity index (χ2v) is 7.26. The lowest BCUT2D eigenvalue weighted by atomic mass is 10.1. The minimum Gasteiger partial charge on any atom is -0.483 e. The molecule has 31 heavy (non-hydrogen) atoms. The number of hydrazone groups is 1. The Balaban J connectivity index is 1.59. The molecule has 2 N–H and O–H groups in total. The summed E-state index contributed by atoms with van der Waals surface area (Å²) in [5.74, 6) is -0.0670. The summed E-state index contributed by atoms with van der Waals surface area (Å²) in [4.78, 5) is 24.5. The van der Waals surface area contributed by atoms with E-state index >= 15 is 0 Å². The first kappa shape index (κ1) is 21.8. The number of carbonyl (C=O) groups is 2. The maximum atomic E-state index is 12.3. The van der Waals surface area contributed by atoms with Crippen molar-refractivity contribution in [2.45, 2.75) is 20.8 Å². The van der Waals surface area contributed by atoms with Crippen LogP contribution in [0.4, 0.5) is 5.69 Å². The number of carbonyl (C=O) groups excluding carboxylic acids is 2. The fraction of sp³-hybridized carbons (Fsp3) is 0.160. The fourth-order valence-corrected chi connectivity index (χ4v) is 2.85. The summed E-state index contributed by atoms with van der Waals surface area (Å²) >= 11 is 0. The van der Waals surface area contributed by atoms with Gasteiger partial charge in [0.05, 0.1) is 6.21 Å². The lowest BCUT2D eigenvalue weighted by Crippen LogP contribution is -2.21. The molecule has 0 aliphatic carbocycles. The van der Waals surface area contributed by atoms with E-state index in [-0.39, 0.29) is 18.4 Å². The van der Waals surface area contributed by atoms with Crippen LogP contribution in [-0.2, 0) is 4.79 Å². The third kappa shape index (κ3) is 6.27. The average molecular weight is 415 g/mol. The van der Waals surface area contributed by atoms with Crippen LogP contribution in [-0.4, -0.2) is 24.6 Å². The maximum Gasteiger partial charge on any atom is 0.271 e. The van der Waals surface area contributed by atoms with Crippen LogP contribution in [0.1, 0.15) is 32.6 Å². The van der Waals surface area contributed by atoms with E-state index in [1.165, 1.54) is 6.21 Å². The molecule has 0 bridgehead atoms. The molecule has 0 heterocycles. The van der Waals surface area contributed by atoms with Crippen molar-refractivity contribution in [2.24, 2.45) is 5.10 Å². The second-order valence-electron chi connectivity index (χ2n) is 7.26. The Hall–Kier alpha value is -3.93. The van der Waals surface area contributed by atoms with Crippen LogP contribution in [0.3, 0.4) is 0 Å². The SMILES string of the molecule is Cc1ccc(C(=O)N/N=C/c2ccccc2OCC(=O)Nc2cc(C)ccc2C)cc1. The first-order valence-electron chi connectivity index (χ1n) is 9.91. The van der Waals surface area contributed by atoms with Crippen LogP contribution in [0.2, 0.25) is 0 Å². The van der Waals surface area contributed by atoms with Gasteiger partial charge in [-0.05, 0) is 62.2 Å². The number of hydrogen-bond donors (Lipinski definition) is 2. The first-order chi connectivity index (χ1) is 14.9. The van der Waals surface area contributed by atoms with Gasteiger partial charge in [-0.25, -0.2) is 5.43 Å². The second kappa shape index (κ2) is 10.2. The van der Waals surface area contributed by atoms with Gasteiger partial charge in [0.1, 0.15) is 5.75 Å². The average Bonchev–Trinajstić information content (AvgIpc) is 2.76. The van der Waals surface area contributed by atoms with Crippen LogP contribution in [0, 0.1) is 20.8 Å². The molecule has 0 saturated carbocycles. The molecule has 0 spiro atoms. The molecular weight excluding hydrogens is 390 g/mol. The highest BCUT2D eigenvalue weighted by atomic mass is 16.5. The quantitative estimate of drug-likeness (QED) is 0.444. The minimum atomic E-state index is -0.303. The number of nitrogens with one attached hydrogen (secondary N) is 2. The topological polar surface area (TPSA) is 79.8 Å². The van der Waals surface area contributed by atoms with E-state index in [4.69, 9.17) is 4.74 Å². The number of amides is 2. The molecule has 0 aliphatic rings. The van der Waals surface area contributed by atoms with E-state index in [0.29, 0.717) is 16.9 Å². The van der Waals surface area contributed by atoms with Crippen molar-refractivity contribution in [1.29, 1.82) is 0 Å². The van der Waals surface area contributed by atoms with Crippen LogP contribution >= 0.6 is 0 Å². The van der Waals surface area contributed by atoms with Crippen LogP contribution in [0.15, 0.2) is 71.8 Å². The van der Waals surface area contributed by atoms with Crippen molar-refractivity contribution < 1.29 is 14.3 Å². The fourth-order valence-electron chi connectivity index (χ4n) is 2.85. The Morgan fingerprint density at radius 1 is 0.935 bits per heavy atom. The van der Waals surface area contributed by atoms with Crippen molar-refractivity contribution in [3.8, 4) is 5.75 Å². The van der Waals surface area contributed by atoms with Crippen molar-refractivity contribution in [3.05, 3.63) is 94.5 Å². The molecule has 6 heteroatoms. The normalized spacial score (nSPS) is 10.7. The van der Waals surface area contributed by atoms with E-state index in [0.717, 1.165) is 22.4 Å². The van der Waals surface area contributed by atoms with Crippen molar-refractivity contribution >= 4 is 23.7 Å².